The van der Waals surface area contributed by atoms with Gasteiger partial charge in [0.15, 0.2) is 0 Å². The number of tetrazole rings is 1. The van der Waals surface area contributed by atoms with Crippen LogP contribution in [0.25, 0.3) is 5.57 Å². The number of carbonyl (C=O) groups excluding carboxylic acids is 1. The lowest BCUT2D eigenvalue weighted by atomic mass is 9.98. The number of amides is 1. The lowest BCUT2D eigenvalue weighted by Gasteiger charge is -2.32. The zero-order valence-electron chi connectivity index (χ0n) is 15.5. The Morgan fingerprint density at radius 2 is 2.26 bits per heavy atom. The van der Waals surface area contributed by atoms with Crippen LogP contribution in [0.1, 0.15) is 37.7 Å². The SMILES string of the molecule is CC(C)(C)OC(=O)N1CCc2cccc(NC=C(C#N)c3nn[nH]n3)c2C1. The Morgan fingerprint density at radius 3 is 2.93 bits per heavy atom. The second-order valence-electron chi connectivity index (χ2n) is 7.14. The molecule has 9 heteroatoms. The van der Waals surface area contributed by atoms with Gasteiger partial charge in [-0.1, -0.05) is 12.1 Å². The summed E-state index contributed by atoms with van der Waals surface area (Å²) in [7, 11) is 0. The van der Waals surface area contributed by atoms with E-state index in [0.29, 0.717) is 13.1 Å². The first kappa shape index (κ1) is 18.4. The fourth-order valence-electron chi connectivity index (χ4n) is 2.77. The van der Waals surface area contributed by atoms with Crippen LogP contribution in [0.2, 0.25) is 0 Å². The monoisotopic (exact) mass is 367 g/mol. The van der Waals surface area contributed by atoms with E-state index in [1.807, 2.05) is 45.0 Å². The summed E-state index contributed by atoms with van der Waals surface area (Å²) in [5, 5.41) is 25.8. The Balaban J connectivity index is 1.80. The molecular formula is C18H21N7O2. The zero-order valence-corrected chi connectivity index (χ0v) is 15.5. The molecule has 2 aromatic rings. The topological polar surface area (TPSA) is 120 Å². The summed E-state index contributed by atoms with van der Waals surface area (Å²) >= 11 is 0. The molecule has 0 saturated carbocycles. The molecule has 1 amide bonds. The van der Waals surface area contributed by atoms with Crippen molar-refractivity contribution in [3.05, 3.63) is 41.4 Å². The number of nitrogens with zero attached hydrogens (tertiary/aromatic N) is 5. The third kappa shape index (κ3) is 4.41. The predicted molar refractivity (Wildman–Crippen MR) is 98.2 cm³/mol. The van der Waals surface area contributed by atoms with Crippen molar-refractivity contribution in [2.24, 2.45) is 0 Å². The number of carbonyl (C=O) groups is 1. The molecule has 0 fully saturated rings. The molecule has 9 nitrogen and oxygen atoms in total. The van der Waals surface area contributed by atoms with Gasteiger partial charge in [0, 0.05) is 18.4 Å². The molecule has 140 valence electrons. The van der Waals surface area contributed by atoms with E-state index in [9.17, 15) is 10.1 Å². The normalized spacial score (nSPS) is 14.3. The van der Waals surface area contributed by atoms with Crippen molar-refractivity contribution in [1.29, 1.82) is 5.26 Å². The Kier molecular flexibility index (Phi) is 5.07. The first-order valence-corrected chi connectivity index (χ1v) is 8.56. The number of aromatic amines is 1. The van der Waals surface area contributed by atoms with Crippen molar-refractivity contribution in [2.45, 2.75) is 39.3 Å². The van der Waals surface area contributed by atoms with Gasteiger partial charge < -0.3 is 15.0 Å². The van der Waals surface area contributed by atoms with Gasteiger partial charge >= 0.3 is 6.09 Å². The van der Waals surface area contributed by atoms with Crippen molar-refractivity contribution in [3.63, 3.8) is 0 Å². The second kappa shape index (κ2) is 7.45. The minimum Gasteiger partial charge on any atom is -0.444 e. The molecule has 0 unspecified atom stereocenters. The molecule has 0 radical (unpaired) electrons. The average molecular weight is 367 g/mol. The van der Waals surface area contributed by atoms with Crippen LogP contribution in [0.5, 0.6) is 0 Å². The molecule has 0 bridgehead atoms. The van der Waals surface area contributed by atoms with Crippen LogP contribution in [0.3, 0.4) is 0 Å². The van der Waals surface area contributed by atoms with Crippen LogP contribution in [-0.2, 0) is 17.7 Å². The number of benzene rings is 1. The summed E-state index contributed by atoms with van der Waals surface area (Å²) in [6.07, 6.45) is 1.94. The lowest BCUT2D eigenvalue weighted by molar-refractivity contribution is 0.0224. The van der Waals surface area contributed by atoms with E-state index in [2.05, 4.69) is 25.9 Å². The van der Waals surface area contributed by atoms with Gasteiger partial charge in [-0.3, -0.25) is 0 Å². The number of hydrogen-bond donors (Lipinski definition) is 2. The van der Waals surface area contributed by atoms with Gasteiger partial charge in [-0.05, 0) is 49.6 Å². The fourth-order valence-corrected chi connectivity index (χ4v) is 2.77. The van der Waals surface area contributed by atoms with Crippen molar-refractivity contribution in [3.8, 4) is 6.07 Å². The highest BCUT2D eigenvalue weighted by Crippen LogP contribution is 2.28. The first-order chi connectivity index (χ1) is 12.9. The van der Waals surface area contributed by atoms with E-state index < -0.39 is 5.60 Å². The molecule has 0 spiro atoms. The first-order valence-electron chi connectivity index (χ1n) is 8.56. The number of nitriles is 1. The number of H-pyrrole nitrogens is 1. The molecule has 2 heterocycles. The number of anilines is 1. The largest absolute Gasteiger partial charge is 0.444 e. The Morgan fingerprint density at radius 1 is 1.44 bits per heavy atom. The van der Waals surface area contributed by atoms with Crippen LogP contribution in [0.4, 0.5) is 10.5 Å². The van der Waals surface area contributed by atoms with Crippen molar-refractivity contribution in [2.75, 3.05) is 11.9 Å². The van der Waals surface area contributed by atoms with Crippen LogP contribution >= 0.6 is 0 Å². The number of rotatable bonds is 3. The molecular weight excluding hydrogens is 346 g/mol. The minimum atomic E-state index is -0.538. The zero-order chi connectivity index (χ0) is 19.4. The highest BCUT2D eigenvalue weighted by Gasteiger charge is 2.26. The lowest BCUT2D eigenvalue weighted by Crippen LogP contribution is -2.40. The highest BCUT2D eigenvalue weighted by molar-refractivity contribution is 5.75. The fraction of sp³-hybridized carbons (Fsp3) is 0.389. The van der Waals surface area contributed by atoms with Crippen molar-refractivity contribution < 1.29 is 9.53 Å². The van der Waals surface area contributed by atoms with Crippen LogP contribution in [0.15, 0.2) is 24.4 Å². The highest BCUT2D eigenvalue weighted by atomic mass is 16.6. The molecule has 0 saturated heterocycles. The quantitative estimate of drug-likeness (QED) is 0.800. The van der Waals surface area contributed by atoms with Gasteiger partial charge in [0.25, 0.3) is 0 Å². The molecule has 3 rings (SSSR count). The number of nitrogens with one attached hydrogen (secondary N) is 2. The number of allylic oxidation sites excluding steroid dienone is 1. The Hall–Kier alpha value is -3.41. The molecule has 0 atom stereocenters. The molecule has 1 aliphatic heterocycles. The van der Waals surface area contributed by atoms with Gasteiger partial charge in [0.2, 0.25) is 5.82 Å². The summed E-state index contributed by atoms with van der Waals surface area (Å²) in [5.41, 5.74) is 2.69. The van der Waals surface area contributed by atoms with Gasteiger partial charge in [-0.25, -0.2) is 4.79 Å². The maximum Gasteiger partial charge on any atom is 0.410 e. The minimum absolute atomic E-state index is 0.213. The van der Waals surface area contributed by atoms with Gasteiger partial charge in [-0.15, -0.1) is 10.2 Å². The summed E-state index contributed by atoms with van der Waals surface area (Å²) in [6, 6.07) is 7.92. The number of ether oxygens (including phenoxy) is 1. The smallest absolute Gasteiger partial charge is 0.410 e. The Bertz CT molecular complexity index is 891. The summed E-state index contributed by atoms with van der Waals surface area (Å²) in [6.45, 7) is 6.59. The molecule has 2 N–H and O–H groups in total. The standard InChI is InChI=1S/C18H21N7O2/c1-18(2,3)27-17(26)25-8-7-12-5-4-6-15(14(12)11-25)20-10-13(9-19)16-21-23-24-22-16/h4-6,10,20H,7-8,11H2,1-3H3,(H,21,22,23,24). The number of fused-ring (bicyclic) bond motifs is 1. The van der Waals surface area contributed by atoms with E-state index in [0.717, 1.165) is 23.2 Å². The number of hydrogen-bond acceptors (Lipinski definition) is 7. The van der Waals surface area contributed by atoms with Crippen LogP contribution in [-0.4, -0.2) is 43.8 Å². The molecule has 1 aliphatic rings. The van der Waals surface area contributed by atoms with Gasteiger partial charge in [0.1, 0.15) is 17.2 Å². The van der Waals surface area contributed by atoms with Gasteiger partial charge in [0.05, 0.1) is 6.54 Å². The van der Waals surface area contributed by atoms with Crippen molar-refractivity contribution in [1.82, 2.24) is 25.5 Å². The summed E-state index contributed by atoms with van der Waals surface area (Å²) in [5.74, 6) is 0.213. The number of aromatic nitrogens is 4. The average Bonchev–Trinajstić information content (AvgIpc) is 3.15. The molecule has 27 heavy (non-hydrogen) atoms. The second-order valence-corrected chi connectivity index (χ2v) is 7.14. The van der Waals surface area contributed by atoms with E-state index in [1.165, 1.54) is 6.20 Å². The third-order valence-electron chi connectivity index (χ3n) is 4.00. The van der Waals surface area contributed by atoms with E-state index in [-0.39, 0.29) is 17.5 Å². The predicted octanol–water partition coefficient (Wildman–Crippen LogP) is 2.47. The summed E-state index contributed by atoms with van der Waals surface area (Å²) < 4.78 is 5.48. The van der Waals surface area contributed by atoms with Gasteiger partial charge in [-0.2, -0.15) is 10.5 Å². The Labute approximate surface area is 157 Å². The summed E-state index contributed by atoms with van der Waals surface area (Å²) in [4.78, 5) is 14.1. The van der Waals surface area contributed by atoms with Crippen LogP contribution in [0, 0.1) is 11.3 Å². The maximum absolute atomic E-state index is 12.4. The molecule has 1 aromatic heterocycles. The van der Waals surface area contributed by atoms with Crippen molar-refractivity contribution >= 4 is 17.4 Å². The maximum atomic E-state index is 12.4. The van der Waals surface area contributed by atoms with E-state index in [1.54, 1.807) is 4.90 Å². The molecule has 0 aliphatic carbocycles. The van der Waals surface area contributed by atoms with E-state index >= 15 is 0 Å². The van der Waals surface area contributed by atoms with E-state index in [4.69, 9.17) is 4.74 Å². The third-order valence-corrected chi connectivity index (χ3v) is 4.00. The van der Waals surface area contributed by atoms with Crippen LogP contribution < -0.4 is 5.32 Å². The molecule has 1 aromatic carbocycles.